The van der Waals surface area contributed by atoms with Gasteiger partial charge in [-0.1, -0.05) is 54.9 Å². The number of hydrogen-bond acceptors (Lipinski definition) is 3. The topological polar surface area (TPSA) is 61.4 Å². The largest absolute Gasteiger partial charge is 0.325 e. The van der Waals surface area contributed by atoms with Gasteiger partial charge in [0.2, 0.25) is 11.8 Å². The number of rotatable bonds is 8. The highest BCUT2D eigenvalue weighted by Crippen LogP contribution is 2.27. The number of anilines is 2. The Bertz CT molecular complexity index is 819. The number of benzene rings is 2. The van der Waals surface area contributed by atoms with E-state index in [4.69, 9.17) is 0 Å². The first-order valence-corrected chi connectivity index (χ1v) is 10.3. The van der Waals surface area contributed by atoms with E-state index in [-0.39, 0.29) is 24.9 Å². The van der Waals surface area contributed by atoms with Gasteiger partial charge in [-0.25, -0.2) is 0 Å². The molecule has 0 aromatic heterocycles. The van der Waals surface area contributed by atoms with Gasteiger partial charge < -0.3 is 10.6 Å². The average molecular weight is 446 g/mol. The SMILES string of the molecule is CCN(CC(=O)Nc1ccc(Br)cc1)CC(=O)Nc1c(C)cccc1C(C)C. The maximum Gasteiger partial charge on any atom is 0.238 e. The Labute approximate surface area is 175 Å². The maximum atomic E-state index is 12.6. The van der Waals surface area contributed by atoms with Gasteiger partial charge in [-0.3, -0.25) is 14.5 Å². The van der Waals surface area contributed by atoms with Gasteiger partial charge in [-0.05, 0) is 54.8 Å². The Kier molecular flexibility index (Phi) is 8.20. The molecule has 150 valence electrons. The van der Waals surface area contributed by atoms with Crippen molar-refractivity contribution in [3.8, 4) is 0 Å². The second-order valence-corrected chi connectivity index (χ2v) is 8.02. The summed E-state index contributed by atoms with van der Waals surface area (Å²) in [6.07, 6.45) is 0. The smallest absolute Gasteiger partial charge is 0.238 e. The molecular weight excluding hydrogens is 418 g/mol. The molecule has 28 heavy (non-hydrogen) atoms. The molecule has 0 fully saturated rings. The first-order valence-electron chi connectivity index (χ1n) is 9.47. The number of halogens is 1. The van der Waals surface area contributed by atoms with Gasteiger partial charge >= 0.3 is 0 Å². The van der Waals surface area contributed by atoms with Crippen molar-refractivity contribution in [2.24, 2.45) is 0 Å². The summed E-state index contributed by atoms with van der Waals surface area (Å²) in [4.78, 5) is 26.7. The number of amides is 2. The van der Waals surface area contributed by atoms with Crippen LogP contribution in [-0.2, 0) is 9.59 Å². The minimum Gasteiger partial charge on any atom is -0.325 e. The van der Waals surface area contributed by atoms with Crippen molar-refractivity contribution in [1.29, 1.82) is 0 Å². The van der Waals surface area contributed by atoms with Gasteiger partial charge in [-0.2, -0.15) is 0 Å². The zero-order valence-corrected chi connectivity index (χ0v) is 18.5. The van der Waals surface area contributed by atoms with E-state index in [1.807, 2.05) is 61.2 Å². The van der Waals surface area contributed by atoms with Gasteiger partial charge in [0.1, 0.15) is 0 Å². The van der Waals surface area contributed by atoms with Crippen LogP contribution in [0.4, 0.5) is 11.4 Å². The van der Waals surface area contributed by atoms with Crippen molar-refractivity contribution >= 4 is 39.1 Å². The van der Waals surface area contributed by atoms with Crippen LogP contribution in [0.5, 0.6) is 0 Å². The fourth-order valence-corrected chi connectivity index (χ4v) is 3.21. The first kappa shape index (κ1) is 22.1. The lowest BCUT2D eigenvalue weighted by Gasteiger charge is -2.21. The Morgan fingerprint density at radius 2 is 1.61 bits per heavy atom. The molecular formula is C22H28BrN3O2. The molecule has 2 rings (SSSR count). The molecule has 0 spiro atoms. The van der Waals surface area contributed by atoms with Crippen LogP contribution in [0.15, 0.2) is 46.9 Å². The number of hydrogen-bond donors (Lipinski definition) is 2. The van der Waals surface area contributed by atoms with Crippen LogP contribution in [0.2, 0.25) is 0 Å². The molecule has 0 heterocycles. The van der Waals surface area contributed by atoms with Crippen LogP contribution in [0.1, 0.15) is 37.8 Å². The van der Waals surface area contributed by atoms with Gasteiger partial charge in [0.15, 0.2) is 0 Å². The first-order chi connectivity index (χ1) is 13.3. The van der Waals surface area contributed by atoms with E-state index in [0.717, 1.165) is 27.0 Å². The highest BCUT2D eigenvalue weighted by Gasteiger charge is 2.16. The van der Waals surface area contributed by atoms with Crippen LogP contribution in [0.3, 0.4) is 0 Å². The van der Waals surface area contributed by atoms with Crippen LogP contribution in [0.25, 0.3) is 0 Å². The summed E-state index contributed by atoms with van der Waals surface area (Å²) >= 11 is 3.37. The van der Waals surface area contributed by atoms with E-state index in [9.17, 15) is 9.59 Å². The predicted octanol–water partition coefficient (Wildman–Crippen LogP) is 4.78. The standard InChI is InChI=1S/C22H28BrN3O2/c1-5-26(13-20(27)24-18-11-9-17(23)10-12-18)14-21(28)25-22-16(4)7-6-8-19(22)15(2)3/h6-12,15H,5,13-14H2,1-4H3,(H,24,27)(H,25,28). The van der Waals surface area contributed by atoms with E-state index < -0.39 is 0 Å². The summed E-state index contributed by atoms with van der Waals surface area (Å²) in [6.45, 7) is 9.07. The Morgan fingerprint density at radius 3 is 2.18 bits per heavy atom. The third-order valence-corrected chi connectivity index (χ3v) is 5.03. The fourth-order valence-electron chi connectivity index (χ4n) is 2.94. The van der Waals surface area contributed by atoms with Crippen molar-refractivity contribution in [3.63, 3.8) is 0 Å². The number of likely N-dealkylation sites (N-methyl/N-ethyl adjacent to an activating group) is 1. The summed E-state index contributed by atoms with van der Waals surface area (Å²) in [5.74, 6) is 0.0550. The van der Waals surface area contributed by atoms with E-state index in [1.165, 1.54) is 0 Å². The van der Waals surface area contributed by atoms with Crippen LogP contribution in [0, 0.1) is 6.92 Å². The summed E-state index contributed by atoms with van der Waals surface area (Å²) < 4.78 is 0.953. The van der Waals surface area contributed by atoms with E-state index in [1.54, 1.807) is 0 Å². The third-order valence-electron chi connectivity index (χ3n) is 4.50. The second kappa shape index (κ2) is 10.4. The number of carbonyl (C=O) groups is 2. The molecule has 0 saturated carbocycles. The number of nitrogens with zero attached hydrogens (tertiary/aromatic N) is 1. The Morgan fingerprint density at radius 1 is 1.00 bits per heavy atom. The molecule has 0 aliphatic rings. The molecule has 0 unspecified atom stereocenters. The zero-order valence-electron chi connectivity index (χ0n) is 16.9. The van der Waals surface area contributed by atoms with E-state index >= 15 is 0 Å². The molecule has 0 radical (unpaired) electrons. The second-order valence-electron chi connectivity index (χ2n) is 7.10. The number of para-hydroxylation sites is 1. The Hall–Kier alpha value is -2.18. The highest BCUT2D eigenvalue weighted by molar-refractivity contribution is 9.10. The van der Waals surface area contributed by atoms with Crippen molar-refractivity contribution in [3.05, 3.63) is 58.1 Å². The number of aryl methyl sites for hydroxylation is 1. The van der Waals surface area contributed by atoms with E-state index in [2.05, 4.69) is 40.4 Å². The van der Waals surface area contributed by atoms with Gasteiger partial charge in [0, 0.05) is 15.8 Å². The summed E-state index contributed by atoms with van der Waals surface area (Å²) in [5, 5.41) is 5.89. The summed E-state index contributed by atoms with van der Waals surface area (Å²) in [5.41, 5.74) is 3.76. The zero-order chi connectivity index (χ0) is 20.7. The highest BCUT2D eigenvalue weighted by atomic mass is 79.9. The third kappa shape index (κ3) is 6.46. The molecule has 0 bridgehead atoms. The minimum atomic E-state index is -0.143. The molecule has 2 aromatic rings. The lowest BCUT2D eigenvalue weighted by molar-refractivity contribution is -0.119. The number of carbonyl (C=O) groups excluding carboxylic acids is 2. The predicted molar refractivity (Wildman–Crippen MR) is 119 cm³/mol. The van der Waals surface area contributed by atoms with Crippen molar-refractivity contribution in [2.45, 2.75) is 33.6 Å². The molecule has 2 N–H and O–H groups in total. The van der Waals surface area contributed by atoms with Crippen molar-refractivity contribution < 1.29 is 9.59 Å². The Balaban J connectivity index is 1.96. The lowest BCUT2D eigenvalue weighted by Crippen LogP contribution is -2.38. The minimum absolute atomic E-state index is 0.116. The molecule has 0 aliphatic carbocycles. The molecule has 2 aromatic carbocycles. The average Bonchev–Trinajstić information content (AvgIpc) is 2.64. The normalized spacial score (nSPS) is 11.0. The summed E-state index contributed by atoms with van der Waals surface area (Å²) in [7, 11) is 0. The lowest BCUT2D eigenvalue weighted by atomic mass is 9.98. The van der Waals surface area contributed by atoms with Gasteiger partial charge in [0.25, 0.3) is 0 Å². The number of nitrogens with one attached hydrogen (secondary N) is 2. The van der Waals surface area contributed by atoms with Crippen LogP contribution >= 0.6 is 15.9 Å². The van der Waals surface area contributed by atoms with Crippen LogP contribution in [-0.4, -0.2) is 36.3 Å². The molecule has 0 saturated heterocycles. The molecule has 0 atom stereocenters. The molecule has 5 nitrogen and oxygen atoms in total. The molecule has 0 aliphatic heterocycles. The monoisotopic (exact) mass is 445 g/mol. The van der Waals surface area contributed by atoms with Crippen molar-refractivity contribution in [1.82, 2.24) is 4.90 Å². The van der Waals surface area contributed by atoms with Gasteiger partial charge in [0.05, 0.1) is 13.1 Å². The van der Waals surface area contributed by atoms with E-state index in [0.29, 0.717) is 12.5 Å². The quantitative estimate of drug-likeness (QED) is 0.614. The maximum absolute atomic E-state index is 12.6. The fraction of sp³-hybridized carbons (Fsp3) is 0.364. The van der Waals surface area contributed by atoms with Crippen LogP contribution < -0.4 is 10.6 Å². The molecule has 6 heteroatoms. The van der Waals surface area contributed by atoms with Gasteiger partial charge in [-0.15, -0.1) is 0 Å². The van der Waals surface area contributed by atoms with Crippen molar-refractivity contribution in [2.75, 3.05) is 30.3 Å². The molecule has 2 amide bonds. The summed E-state index contributed by atoms with van der Waals surface area (Å²) in [6, 6.07) is 13.4.